The predicted molar refractivity (Wildman–Crippen MR) is 115 cm³/mol. The van der Waals surface area contributed by atoms with E-state index in [1.807, 2.05) is 20.8 Å². The van der Waals surface area contributed by atoms with E-state index in [9.17, 15) is 4.79 Å². The third kappa shape index (κ3) is 5.82. The molecule has 2 amide bonds. The summed E-state index contributed by atoms with van der Waals surface area (Å²) in [5, 5.41) is 10.1. The second-order valence-corrected chi connectivity index (χ2v) is 9.05. The van der Waals surface area contributed by atoms with Gasteiger partial charge in [0.2, 0.25) is 0 Å². The highest BCUT2D eigenvalue weighted by atomic mass is 32.1. The zero-order valence-corrected chi connectivity index (χ0v) is 17.9. The van der Waals surface area contributed by atoms with Crippen molar-refractivity contribution in [3.05, 3.63) is 35.4 Å². The molecule has 2 aliphatic heterocycles. The van der Waals surface area contributed by atoms with E-state index in [4.69, 9.17) is 17.0 Å². The molecule has 2 atom stereocenters. The van der Waals surface area contributed by atoms with Gasteiger partial charge in [-0.1, -0.05) is 24.3 Å². The van der Waals surface area contributed by atoms with Gasteiger partial charge in [0.25, 0.3) is 0 Å². The highest BCUT2D eigenvalue weighted by molar-refractivity contribution is 7.80. The maximum atomic E-state index is 12.2. The Morgan fingerprint density at radius 1 is 1.21 bits per heavy atom. The molecule has 6 nitrogen and oxygen atoms in total. The van der Waals surface area contributed by atoms with Crippen molar-refractivity contribution in [1.82, 2.24) is 20.9 Å². The smallest absolute Gasteiger partial charge is 0.315 e. The van der Waals surface area contributed by atoms with Gasteiger partial charge in [0.05, 0.1) is 12.1 Å². The zero-order chi connectivity index (χ0) is 20.1. The lowest BCUT2D eigenvalue weighted by atomic mass is 9.94. The topological polar surface area (TPSA) is 65.6 Å². The van der Waals surface area contributed by atoms with E-state index in [2.05, 4.69) is 45.1 Å². The molecule has 0 aromatic heterocycles. The first-order chi connectivity index (χ1) is 13.3. The van der Waals surface area contributed by atoms with Gasteiger partial charge >= 0.3 is 6.03 Å². The number of urea groups is 1. The molecule has 0 aliphatic carbocycles. The lowest BCUT2D eigenvalue weighted by Gasteiger charge is -2.39. The van der Waals surface area contributed by atoms with E-state index in [1.165, 1.54) is 11.1 Å². The summed E-state index contributed by atoms with van der Waals surface area (Å²) in [6, 6.07) is 8.42. The number of rotatable bonds is 4. The number of hydrogen-bond donors (Lipinski definition) is 3. The van der Waals surface area contributed by atoms with Gasteiger partial charge in [-0.3, -0.25) is 0 Å². The number of amides is 2. The number of benzene rings is 1. The Labute approximate surface area is 173 Å². The Hall–Kier alpha value is -1.86. The van der Waals surface area contributed by atoms with Crippen LogP contribution in [0.15, 0.2) is 24.3 Å². The average Bonchev–Trinajstić information content (AvgIpc) is 3.16. The normalized spacial score (nSPS) is 21.8. The van der Waals surface area contributed by atoms with Crippen molar-refractivity contribution in [2.45, 2.75) is 64.3 Å². The molecule has 1 aromatic carbocycles. The van der Waals surface area contributed by atoms with Gasteiger partial charge in [0.1, 0.15) is 0 Å². The van der Waals surface area contributed by atoms with E-state index in [0.717, 1.165) is 44.1 Å². The predicted octanol–water partition coefficient (Wildman–Crippen LogP) is 2.56. The lowest BCUT2D eigenvalue weighted by molar-refractivity contribution is 0.113. The number of carbonyl (C=O) groups excluding carboxylic acids is 1. The van der Waals surface area contributed by atoms with Gasteiger partial charge in [-0.15, -0.1) is 0 Å². The molecule has 0 bridgehead atoms. The van der Waals surface area contributed by atoms with Crippen LogP contribution in [0.5, 0.6) is 0 Å². The molecule has 0 spiro atoms. The molecule has 1 unspecified atom stereocenters. The highest BCUT2D eigenvalue weighted by Crippen LogP contribution is 2.23. The molecule has 2 aliphatic rings. The molecule has 1 saturated heterocycles. The number of ether oxygens (including phenoxy) is 1. The fraction of sp³-hybridized carbons (Fsp3) is 0.619. The van der Waals surface area contributed by atoms with Gasteiger partial charge in [-0.25, -0.2) is 4.79 Å². The summed E-state index contributed by atoms with van der Waals surface area (Å²) in [7, 11) is 0. The third-order valence-corrected chi connectivity index (χ3v) is 5.49. The molecule has 7 heteroatoms. The Bertz CT molecular complexity index is 698. The van der Waals surface area contributed by atoms with Crippen LogP contribution in [0.3, 0.4) is 0 Å². The molecular weight excluding hydrogens is 372 g/mol. The van der Waals surface area contributed by atoms with E-state index in [0.29, 0.717) is 6.54 Å². The fourth-order valence-corrected chi connectivity index (χ4v) is 4.01. The summed E-state index contributed by atoms with van der Waals surface area (Å²) in [5.41, 5.74) is 2.35. The first-order valence-corrected chi connectivity index (χ1v) is 10.5. The molecule has 154 valence electrons. The maximum absolute atomic E-state index is 12.2. The highest BCUT2D eigenvalue weighted by Gasteiger charge is 2.29. The fourth-order valence-electron chi connectivity index (χ4n) is 3.71. The number of fused-ring (bicyclic) bond motifs is 1. The van der Waals surface area contributed by atoms with Crippen molar-refractivity contribution in [1.29, 1.82) is 0 Å². The molecule has 1 fully saturated rings. The first-order valence-electron chi connectivity index (χ1n) is 10.1. The minimum absolute atomic E-state index is 0.116. The molecule has 0 radical (unpaired) electrons. The Kier molecular flexibility index (Phi) is 6.78. The lowest BCUT2D eigenvalue weighted by Crippen LogP contribution is -2.55. The number of hydrogen-bond acceptors (Lipinski definition) is 3. The van der Waals surface area contributed by atoms with E-state index >= 15 is 0 Å². The van der Waals surface area contributed by atoms with Crippen LogP contribution in [0.4, 0.5) is 4.79 Å². The number of nitrogens with zero attached hydrogens (tertiary/aromatic N) is 1. The summed E-state index contributed by atoms with van der Waals surface area (Å²) in [5.74, 6) is 0. The quantitative estimate of drug-likeness (QED) is 0.673. The molecule has 2 heterocycles. The Balaban J connectivity index is 1.63. The molecule has 3 rings (SSSR count). The first kappa shape index (κ1) is 20.9. The Morgan fingerprint density at radius 3 is 2.64 bits per heavy atom. The van der Waals surface area contributed by atoms with Crippen LogP contribution in [-0.2, 0) is 17.7 Å². The summed E-state index contributed by atoms with van der Waals surface area (Å²) in [6.07, 6.45) is 3.29. The molecule has 3 N–H and O–H groups in total. The van der Waals surface area contributed by atoms with Crippen LogP contribution in [0.25, 0.3) is 0 Å². The minimum Gasteiger partial charge on any atom is -0.376 e. The van der Waals surface area contributed by atoms with Crippen LogP contribution in [0.1, 0.15) is 44.7 Å². The van der Waals surface area contributed by atoms with Gasteiger partial charge in [-0.2, -0.15) is 0 Å². The van der Waals surface area contributed by atoms with E-state index in [1.54, 1.807) is 0 Å². The largest absolute Gasteiger partial charge is 0.376 e. The molecule has 28 heavy (non-hydrogen) atoms. The summed E-state index contributed by atoms with van der Waals surface area (Å²) in [6.45, 7) is 8.78. The average molecular weight is 405 g/mol. The minimum atomic E-state index is -0.263. The van der Waals surface area contributed by atoms with Crippen LogP contribution in [0.2, 0.25) is 0 Å². The summed E-state index contributed by atoms with van der Waals surface area (Å²) < 4.78 is 5.69. The summed E-state index contributed by atoms with van der Waals surface area (Å²) in [4.78, 5) is 14.4. The second-order valence-electron chi connectivity index (χ2n) is 8.66. The van der Waals surface area contributed by atoms with Gasteiger partial charge in [0.15, 0.2) is 5.11 Å². The molecule has 1 aromatic rings. The van der Waals surface area contributed by atoms with Crippen molar-refractivity contribution >= 4 is 23.4 Å². The third-order valence-electron chi connectivity index (χ3n) is 5.11. The monoisotopic (exact) mass is 404 g/mol. The maximum Gasteiger partial charge on any atom is 0.315 e. The number of carbonyl (C=O) groups is 1. The van der Waals surface area contributed by atoms with Gasteiger partial charge in [-0.05, 0) is 63.4 Å². The van der Waals surface area contributed by atoms with Crippen molar-refractivity contribution in [2.75, 3.05) is 19.7 Å². The molecular formula is C21H32N4O2S. The summed E-state index contributed by atoms with van der Waals surface area (Å²) >= 11 is 5.71. The zero-order valence-electron chi connectivity index (χ0n) is 17.1. The SMILES string of the molecule is CC(C)(C)NC(=O)NC[C@@H]1Cc2ccccc2CN1C(=S)NCC1CCCO1. The van der Waals surface area contributed by atoms with E-state index < -0.39 is 0 Å². The van der Waals surface area contributed by atoms with Crippen molar-refractivity contribution in [3.63, 3.8) is 0 Å². The number of nitrogens with one attached hydrogen (secondary N) is 3. The number of thiocarbonyl (C=S) groups is 1. The van der Waals surface area contributed by atoms with Crippen molar-refractivity contribution in [2.24, 2.45) is 0 Å². The van der Waals surface area contributed by atoms with Crippen LogP contribution >= 0.6 is 12.2 Å². The second kappa shape index (κ2) is 9.09. The van der Waals surface area contributed by atoms with Crippen LogP contribution in [0, 0.1) is 0 Å². The van der Waals surface area contributed by atoms with Gasteiger partial charge < -0.3 is 25.6 Å². The van der Waals surface area contributed by atoms with Crippen LogP contribution in [-0.4, -0.2) is 53.4 Å². The van der Waals surface area contributed by atoms with Crippen molar-refractivity contribution in [3.8, 4) is 0 Å². The van der Waals surface area contributed by atoms with E-state index in [-0.39, 0.29) is 23.7 Å². The Morgan fingerprint density at radius 2 is 1.96 bits per heavy atom. The van der Waals surface area contributed by atoms with Crippen LogP contribution < -0.4 is 16.0 Å². The molecule has 0 saturated carbocycles. The standard InChI is InChI=1S/C21H32N4O2S/c1-21(2,3)24-19(26)22-12-17-11-15-7-4-5-8-16(15)14-25(17)20(28)23-13-18-9-6-10-27-18/h4-5,7-8,17-18H,6,9-14H2,1-3H3,(H,23,28)(H2,22,24,26)/t17-,18?/m0/s1. The van der Waals surface area contributed by atoms with Crippen molar-refractivity contribution < 1.29 is 9.53 Å². The van der Waals surface area contributed by atoms with Gasteiger partial charge in [0, 0.05) is 31.8 Å².